The van der Waals surface area contributed by atoms with E-state index in [2.05, 4.69) is 22.3 Å². The first-order valence-corrected chi connectivity index (χ1v) is 7.36. The first-order chi connectivity index (χ1) is 10.1. The van der Waals surface area contributed by atoms with Gasteiger partial charge in [-0.3, -0.25) is 4.79 Å². The molecule has 0 atom stereocenters. The molecule has 3 rings (SSSR count). The molecule has 2 aromatic rings. The quantitative estimate of drug-likeness (QED) is 0.933. The van der Waals surface area contributed by atoms with Crippen LogP contribution in [-0.2, 0) is 0 Å². The van der Waals surface area contributed by atoms with E-state index >= 15 is 0 Å². The summed E-state index contributed by atoms with van der Waals surface area (Å²) in [5.41, 5.74) is 3.75. The van der Waals surface area contributed by atoms with E-state index in [9.17, 15) is 4.79 Å². The zero-order valence-corrected chi connectivity index (χ0v) is 12.5. The Morgan fingerprint density at radius 1 is 1.19 bits per heavy atom. The Balaban J connectivity index is 1.77. The summed E-state index contributed by atoms with van der Waals surface area (Å²) < 4.78 is 5.17. The topological polar surface area (TPSA) is 45.5 Å². The Morgan fingerprint density at radius 2 is 1.95 bits per heavy atom. The molecule has 0 radical (unpaired) electrons. The summed E-state index contributed by atoms with van der Waals surface area (Å²) in [7, 11) is 0. The SMILES string of the molecule is Cc1cc(N2CCCC2)ccc1NC(=O)c1ccoc1C. The highest BCUT2D eigenvalue weighted by molar-refractivity contribution is 6.05. The van der Waals surface area contributed by atoms with E-state index in [-0.39, 0.29) is 5.91 Å². The van der Waals surface area contributed by atoms with Crippen LogP contribution >= 0.6 is 0 Å². The second-order valence-electron chi connectivity index (χ2n) is 5.54. The number of nitrogens with one attached hydrogen (secondary N) is 1. The zero-order chi connectivity index (χ0) is 14.8. The molecule has 1 aliphatic rings. The minimum absolute atomic E-state index is 0.127. The average molecular weight is 284 g/mol. The number of furan rings is 1. The molecule has 2 heterocycles. The van der Waals surface area contributed by atoms with Crippen LogP contribution in [0.5, 0.6) is 0 Å². The Bertz CT molecular complexity index is 655. The summed E-state index contributed by atoms with van der Waals surface area (Å²) >= 11 is 0. The van der Waals surface area contributed by atoms with Crippen LogP contribution in [0.4, 0.5) is 11.4 Å². The fourth-order valence-corrected chi connectivity index (χ4v) is 2.77. The number of amides is 1. The summed E-state index contributed by atoms with van der Waals surface area (Å²) in [6.45, 7) is 6.06. The molecule has 4 heteroatoms. The fraction of sp³-hybridized carbons (Fsp3) is 0.353. The second-order valence-corrected chi connectivity index (χ2v) is 5.54. The van der Waals surface area contributed by atoms with Gasteiger partial charge in [-0.15, -0.1) is 0 Å². The molecule has 1 saturated heterocycles. The van der Waals surface area contributed by atoms with Gasteiger partial charge in [-0.05, 0) is 56.5 Å². The molecule has 0 aliphatic carbocycles. The van der Waals surface area contributed by atoms with Crippen LogP contribution < -0.4 is 10.2 Å². The lowest BCUT2D eigenvalue weighted by Crippen LogP contribution is -2.18. The Morgan fingerprint density at radius 3 is 2.57 bits per heavy atom. The van der Waals surface area contributed by atoms with Gasteiger partial charge >= 0.3 is 0 Å². The first kappa shape index (κ1) is 13.7. The third kappa shape index (κ3) is 2.79. The van der Waals surface area contributed by atoms with E-state index < -0.39 is 0 Å². The minimum atomic E-state index is -0.127. The Hall–Kier alpha value is -2.23. The number of aryl methyl sites for hydroxylation is 2. The van der Waals surface area contributed by atoms with Crippen LogP contribution in [0, 0.1) is 13.8 Å². The zero-order valence-electron chi connectivity index (χ0n) is 12.5. The van der Waals surface area contributed by atoms with E-state index in [4.69, 9.17) is 4.42 Å². The van der Waals surface area contributed by atoms with Crippen LogP contribution in [0.15, 0.2) is 34.9 Å². The smallest absolute Gasteiger partial charge is 0.259 e. The molecule has 1 aromatic carbocycles. The van der Waals surface area contributed by atoms with Gasteiger partial charge in [-0.1, -0.05) is 0 Å². The lowest BCUT2D eigenvalue weighted by molar-refractivity contribution is 0.102. The van der Waals surface area contributed by atoms with Crippen molar-refractivity contribution in [2.75, 3.05) is 23.3 Å². The number of rotatable bonds is 3. The summed E-state index contributed by atoms with van der Waals surface area (Å²) in [6.07, 6.45) is 4.06. The van der Waals surface area contributed by atoms with Crippen LogP contribution in [0.2, 0.25) is 0 Å². The van der Waals surface area contributed by atoms with Gasteiger partial charge in [0.2, 0.25) is 0 Å². The highest BCUT2D eigenvalue weighted by atomic mass is 16.3. The largest absolute Gasteiger partial charge is 0.469 e. The molecule has 1 fully saturated rings. The lowest BCUT2D eigenvalue weighted by atomic mass is 10.1. The Kier molecular flexibility index (Phi) is 3.69. The number of nitrogens with zero attached hydrogens (tertiary/aromatic N) is 1. The predicted octanol–water partition coefficient (Wildman–Crippen LogP) is 3.75. The van der Waals surface area contributed by atoms with Crippen molar-refractivity contribution in [3.63, 3.8) is 0 Å². The standard InChI is InChI=1S/C17H20N2O2/c1-12-11-14(19-8-3-4-9-19)5-6-16(12)18-17(20)15-7-10-21-13(15)2/h5-7,10-11H,3-4,8-9H2,1-2H3,(H,18,20). The average Bonchev–Trinajstić information content (AvgIpc) is 3.12. The molecule has 1 aromatic heterocycles. The van der Waals surface area contributed by atoms with E-state index in [1.807, 2.05) is 13.0 Å². The summed E-state index contributed by atoms with van der Waals surface area (Å²) in [6, 6.07) is 7.90. The van der Waals surface area contributed by atoms with E-state index in [0.717, 1.165) is 24.3 Å². The maximum Gasteiger partial charge on any atom is 0.259 e. The van der Waals surface area contributed by atoms with Crippen molar-refractivity contribution in [1.29, 1.82) is 0 Å². The van der Waals surface area contributed by atoms with Crippen molar-refractivity contribution in [2.24, 2.45) is 0 Å². The first-order valence-electron chi connectivity index (χ1n) is 7.36. The molecule has 110 valence electrons. The minimum Gasteiger partial charge on any atom is -0.469 e. The van der Waals surface area contributed by atoms with Crippen LogP contribution in [-0.4, -0.2) is 19.0 Å². The van der Waals surface area contributed by atoms with Gasteiger partial charge in [0.05, 0.1) is 11.8 Å². The second kappa shape index (κ2) is 5.64. The van der Waals surface area contributed by atoms with Gasteiger partial charge in [-0.25, -0.2) is 0 Å². The summed E-state index contributed by atoms with van der Waals surface area (Å²) in [5.74, 6) is 0.511. The molecular formula is C17H20N2O2. The highest BCUT2D eigenvalue weighted by Gasteiger charge is 2.15. The van der Waals surface area contributed by atoms with Crippen molar-refractivity contribution in [3.8, 4) is 0 Å². The number of hydrogen-bond donors (Lipinski definition) is 1. The summed E-state index contributed by atoms with van der Waals surface area (Å²) in [5, 5.41) is 2.95. The van der Waals surface area contributed by atoms with Gasteiger partial charge in [0, 0.05) is 24.5 Å². The molecular weight excluding hydrogens is 264 g/mol. The monoisotopic (exact) mass is 284 g/mol. The molecule has 4 nitrogen and oxygen atoms in total. The number of hydrogen-bond acceptors (Lipinski definition) is 3. The predicted molar refractivity (Wildman–Crippen MR) is 84.0 cm³/mol. The van der Waals surface area contributed by atoms with Gasteiger partial charge < -0.3 is 14.6 Å². The van der Waals surface area contributed by atoms with Gasteiger partial charge in [0.15, 0.2) is 0 Å². The number of carbonyl (C=O) groups is 1. The molecule has 1 aliphatic heterocycles. The van der Waals surface area contributed by atoms with E-state index in [0.29, 0.717) is 11.3 Å². The molecule has 0 bridgehead atoms. The van der Waals surface area contributed by atoms with Crippen LogP contribution in [0.1, 0.15) is 34.5 Å². The molecule has 1 N–H and O–H groups in total. The third-order valence-corrected chi connectivity index (χ3v) is 4.03. The normalized spacial score (nSPS) is 14.5. The van der Waals surface area contributed by atoms with Crippen molar-refractivity contribution >= 4 is 17.3 Å². The lowest BCUT2D eigenvalue weighted by Gasteiger charge is -2.19. The maximum atomic E-state index is 12.2. The highest BCUT2D eigenvalue weighted by Crippen LogP contribution is 2.26. The maximum absolute atomic E-state index is 12.2. The van der Waals surface area contributed by atoms with Gasteiger partial charge in [-0.2, -0.15) is 0 Å². The molecule has 1 amide bonds. The number of benzene rings is 1. The molecule has 0 saturated carbocycles. The number of anilines is 2. The van der Waals surface area contributed by atoms with Crippen LogP contribution in [0.25, 0.3) is 0 Å². The molecule has 0 unspecified atom stereocenters. The van der Waals surface area contributed by atoms with Crippen molar-refractivity contribution in [1.82, 2.24) is 0 Å². The number of carbonyl (C=O) groups excluding carboxylic acids is 1. The van der Waals surface area contributed by atoms with Crippen molar-refractivity contribution in [3.05, 3.63) is 47.4 Å². The third-order valence-electron chi connectivity index (χ3n) is 4.03. The fourth-order valence-electron chi connectivity index (χ4n) is 2.77. The summed E-state index contributed by atoms with van der Waals surface area (Å²) in [4.78, 5) is 14.6. The molecule has 0 spiro atoms. The molecule has 21 heavy (non-hydrogen) atoms. The van der Waals surface area contributed by atoms with E-state index in [1.54, 1.807) is 13.0 Å². The van der Waals surface area contributed by atoms with Crippen molar-refractivity contribution in [2.45, 2.75) is 26.7 Å². The van der Waals surface area contributed by atoms with Crippen molar-refractivity contribution < 1.29 is 9.21 Å². The van der Waals surface area contributed by atoms with Gasteiger partial charge in [0.25, 0.3) is 5.91 Å². The Labute approximate surface area is 124 Å². The van der Waals surface area contributed by atoms with Gasteiger partial charge in [0.1, 0.15) is 5.76 Å². The van der Waals surface area contributed by atoms with E-state index in [1.165, 1.54) is 24.8 Å². The van der Waals surface area contributed by atoms with Crippen LogP contribution in [0.3, 0.4) is 0 Å².